The molecule has 0 spiro atoms. The lowest BCUT2D eigenvalue weighted by atomic mass is 9.82. The number of anilines is 2. The van der Waals surface area contributed by atoms with Gasteiger partial charge >= 0.3 is 0 Å². The number of hydrogen-bond donors (Lipinski definition) is 2. The number of carbonyl (C=O) groups excluding carboxylic acids is 1. The summed E-state index contributed by atoms with van der Waals surface area (Å²) in [6.45, 7) is 0. The fourth-order valence-corrected chi connectivity index (χ4v) is 5.69. The van der Waals surface area contributed by atoms with Crippen LogP contribution in [-0.4, -0.2) is 15.9 Å². The second-order valence-corrected chi connectivity index (χ2v) is 9.51. The number of aryl methyl sites for hydroxylation is 1. The van der Waals surface area contributed by atoms with Crippen LogP contribution in [0, 0.1) is 0 Å². The maximum Gasteiger partial charge on any atom is 0.267 e. The molecule has 1 amide bonds. The van der Waals surface area contributed by atoms with Crippen LogP contribution < -0.4 is 11.1 Å². The van der Waals surface area contributed by atoms with E-state index in [-0.39, 0.29) is 5.91 Å². The Kier molecular flexibility index (Phi) is 4.80. The highest BCUT2D eigenvalue weighted by molar-refractivity contribution is 7.21. The molecule has 0 fully saturated rings. The Balaban J connectivity index is 1.30. The van der Waals surface area contributed by atoms with E-state index >= 15 is 0 Å². The maximum absolute atomic E-state index is 13.1. The number of nitrogens with two attached hydrogens (primary N) is 1. The first-order valence-electron chi connectivity index (χ1n) is 11.1. The molecule has 0 aliphatic heterocycles. The SMILES string of the molecule is Nc1c(C(=O)Nc2cnc3ccccc3c2)sc2nc3c(cc12)CC(c1ccccc1)CC3. The number of para-hydroxylation sites is 1. The van der Waals surface area contributed by atoms with Gasteiger partial charge in [0.15, 0.2) is 0 Å². The Morgan fingerprint density at radius 3 is 2.76 bits per heavy atom. The van der Waals surface area contributed by atoms with Gasteiger partial charge in [-0.3, -0.25) is 9.78 Å². The first kappa shape index (κ1) is 19.9. The van der Waals surface area contributed by atoms with Gasteiger partial charge in [-0.2, -0.15) is 0 Å². The monoisotopic (exact) mass is 450 g/mol. The van der Waals surface area contributed by atoms with Gasteiger partial charge in [0, 0.05) is 16.5 Å². The number of hydrogen-bond acceptors (Lipinski definition) is 5. The highest BCUT2D eigenvalue weighted by atomic mass is 32.1. The van der Waals surface area contributed by atoms with E-state index in [9.17, 15) is 4.79 Å². The average molecular weight is 451 g/mol. The fourth-order valence-electron chi connectivity index (χ4n) is 4.70. The summed E-state index contributed by atoms with van der Waals surface area (Å²) in [7, 11) is 0. The van der Waals surface area contributed by atoms with Crippen molar-refractivity contribution >= 4 is 49.7 Å². The van der Waals surface area contributed by atoms with Crippen molar-refractivity contribution in [3.63, 3.8) is 0 Å². The van der Waals surface area contributed by atoms with Crippen LogP contribution in [0.1, 0.15) is 38.8 Å². The third kappa shape index (κ3) is 3.62. The normalized spacial score (nSPS) is 15.5. The van der Waals surface area contributed by atoms with Crippen LogP contribution >= 0.6 is 11.3 Å². The molecule has 6 heteroatoms. The molecule has 0 saturated heterocycles. The molecular weight excluding hydrogens is 428 g/mol. The largest absolute Gasteiger partial charge is 0.397 e. The molecule has 162 valence electrons. The molecule has 1 aliphatic rings. The van der Waals surface area contributed by atoms with E-state index in [0.717, 1.165) is 46.1 Å². The van der Waals surface area contributed by atoms with Crippen LogP contribution in [0.5, 0.6) is 0 Å². The number of amides is 1. The Bertz CT molecular complexity index is 1510. The van der Waals surface area contributed by atoms with E-state index in [1.165, 1.54) is 22.5 Å². The zero-order valence-corrected chi connectivity index (χ0v) is 18.7. The van der Waals surface area contributed by atoms with Crippen molar-refractivity contribution in [3.05, 3.63) is 94.6 Å². The summed E-state index contributed by atoms with van der Waals surface area (Å²) in [5.74, 6) is 0.258. The number of nitrogen functional groups attached to an aromatic ring is 1. The number of fused-ring (bicyclic) bond motifs is 3. The summed E-state index contributed by atoms with van der Waals surface area (Å²) < 4.78 is 0. The average Bonchev–Trinajstić information content (AvgIpc) is 3.18. The van der Waals surface area contributed by atoms with Crippen molar-refractivity contribution < 1.29 is 4.79 Å². The van der Waals surface area contributed by atoms with E-state index in [0.29, 0.717) is 22.2 Å². The Hall–Kier alpha value is -3.77. The zero-order chi connectivity index (χ0) is 22.4. The van der Waals surface area contributed by atoms with Crippen LogP contribution in [0.3, 0.4) is 0 Å². The number of thiophene rings is 1. The summed E-state index contributed by atoms with van der Waals surface area (Å²) in [6.07, 6.45) is 4.64. The molecule has 1 aliphatic carbocycles. The minimum absolute atomic E-state index is 0.229. The lowest BCUT2D eigenvalue weighted by Gasteiger charge is -2.24. The topological polar surface area (TPSA) is 80.9 Å². The predicted molar refractivity (Wildman–Crippen MR) is 135 cm³/mol. The van der Waals surface area contributed by atoms with Crippen LogP contribution in [0.15, 0.2) is 72.9 Å². The molecule has 5 nitrogen and oxygen atoms in total. The lowest BCUT2D eigenvalue weighted by Crippen LogP contribution is -2.14. The lowest BCUT2D eigenvalue weighted by molar-refractivity contribution is 0.103. The molecule has 0 saturated carbocycles. The number of nitrogens with one attached hydrogen (secondary N) is 1. The summed E-state index contributed by atoms with van der Waals surface area (Å²) in [4.78, 5) is 23.7. The molecule has 33 heavy (non-hydrogen) atoms. The molecule has 6 rings (SSSR count). The van der Waals surface area contributed by atoms with Crippen LogP contribution in [-0.2, 0) is 12.8 Å². The predicted octanol–water partition coefficient (Wildman–Crippen LogP) is 5.95. The Morgan fingerprint density at radius 2 is 1.88 bits per heavy atom. The van der Waals surface area contributed by atoms with Crippen molar-refractivity contribution in [1.29, 1.82) is 0 Å². The Morgan fingerprint density at radius 1 is 1.06 bits per heavy atom. The number of benzene rings is 2. The molecule has 5 aromatic rings. The minimum atomic E-state index is -0.229. The number of aromatic nitrogens is 2. The van der Waals surface area contributed by atoms with Gasteiger partial charge in [0.05, 0.1) is 23.1 Å². The van der Waals surface area contributed by atoms with Gasteiger partial charge in [-0.25, -0.2) is 4.98 Å². The van der Waals surface area contributed by atoms with Crippen LogP contribution in [0.2, 0.25) is 0 Å². The summed E-state index contributed by atoms with van der Waals surface area (Å²) in [5, 5.41) is 4.80. The van der Waals surface area contributed by atoms with Gasteiger partial charge in [-0.05, 0) is 54.5 Å². The van der Waals surface area contributed by atoms with Crippen molar-refractivity contribution in [2.24, 2.45) is 0 Å². The highest BCUT2D eigenvalue weighted by Gasteiger charge is 2.24. The summed E-state index contributed by atoms with van der Waals surface area (Å²) >= 11 is 1.36. The number of pyridine rings is 2. The number of carbonyl (C=O) groups is 1. The number of nitrogens with zero attached hydrogens (tertiary/aromatic N) is 2. The quantitative estimate of drug-likeness (QED) is 0.356. The van der Waals surface area contributed by atoms with E-state index < -0.39 is 0 Å². The van der Waals surface area contributed by atoms with E-state index in [2.05, 4.69) is 46.7 Å². The number of rotatable bonds is 3. The second-order valence-electron chi connectivity index (χ2n) is 8.51. The highest BCUT2D eigenvalue weighted by Crippen LogP contribution is 2.38. The van der Waals surface area contributed by atoms with Crippen molar-refractivity contribution in [2.75, 3.05) is 11.1 Å². The maximum atomic E-state index is 13.1. The molecule has 3 heterocycles. The van der Waals surface area contributed by atoms with Gasteiger partial charge in [0.1, 0.15) is 9.71 Å². The zero-order valence-electron chi connectivity index (χ0n) is 17.9. The van der Waals surface area contributed by atoms with Gasteiger partial charge in [0.2, 0.25) is 0 Å². The molecule has 1 unspecified atom stereocenters. The fraction of sp³-hybridized carbons (Fsp3) is 0.148. The molecule has 0 bridgehead atoms. The van der Waals surface area contributed by atoms with Crippen LogP contribution in [0.4, 0.5) is 11.4 Å². The molecule has 3 N–H and O–H groups in total. The molecular formula is C27H22N4OS. The smallest absolute Gasteiger partial charge is 0.267 e. The first-order valence-corrected chi connectivity index (χ1v) is 11.9. The minimum Gasteiger partial charge on any atom is -0.397 e. The molecule has 3 aromatic heterocycles. The Labute approximate surface area is 195 Å². The molecule has 2 aromatic carbocycles. The summed E-state index contributed by atoms with van der Waals surface area (Å²) in [6, 6.07) is 22.5. The van der Waals surface area contributed by atoms with Gasteiger partial charge < -0.3 is 11.1 Å². The molecule has 1 atom stereocenters. The third-order valence-electron chi connectivity index (χ3n) is 6.41. The first-order chi connectivity index (χ1) is 16.2. The van der Waals surface area contributed by atoms with Gasteiger partial charge in [-0.1, -0.05) is 48.5 Å². The van der Waals surface area contributed by atoms with Crippen molar-refractivity contribution in [1.82, 2.24) is 9.97 Å². The van der Waals surface area contributed by atoms with Crippen LogP contribution in [0.25, 0.3) is 21.1 Å². The van der Waals surface area contributed by atoms with E-state index in [1.807, 2.05) is 30.3 Å². The molecule has 0 radical (unpaired) electrons. The van der Waals surface area contributed by atoms with E-state index in [4.69, 9.17) is 10.7 Å². The second kappa shape index (κ2) is 7.98. The third-order valence-corrected chi connectivity index (χ3v) is 7.53. The van der Waals surface area contributed by atoms with Gasteiger partial charge in [0.25, 0.3) is 5.91 Å². The van der Waals surface area contributed by atoms with Gasteiger partial charge in [-0.15, -0.1) is 11.3 Å². The van der Waals surface area contributed by atoms with E-state index in [1.54, 1.807) is 6.20 Å². The standard InChI is InChI=1S/C27H22N4OS/c28-24-21-14-19-12-17(16-6-2-1-3-7-16)10-11-23(19)31-27(21)33-25(24)26(32)30-20-13-18-8-4-5-9-22(18)29-15-20/h1-9,13-15,17H,10-12,28H2,(H,30,32). The summed E-state index contributed by atoms with van der Waals surface area (Å²) in [5.41, 5.74) is 12.2. The van der Waals surface area contributed by atoms with Crippen molar-refractivity contribution in [3.8, 4) is 0 Å². The van der Waals surface area contributed by atoms with Crippen molar-refractivity contribution in [2.45, 2.75) is 25.2 Å².